The molecule has 2 heterocycles. The highest BCUT2D eigenvalue weighted by Crippen LogP contribution is 2.66. The summed E-state index contributed by atoms with van der Waals surface area (Å²) in [6.45, 7) is 2.23. The first-order chi connectivity index (χ1) is 14.9. The van der Waals surface area contributed by atoms with Crippen molar-refractivity contribution in [3.63, 3.8) is 0 Å². The number of hydrogen-bond donors (Lipinski definition) is 7. The van der Waals surface area contributed by atoms with E-state index < -0.39 is 64.9 Å². The Morgan fingerprint density at radius 2 is 1.82 bits per heavy atom. The first-order valence-corrected chi connectivity index (χ1v) is 12.9. The molecule has 0 bridgehead atoms. The second-order valence-corrected chi connectivity index (χ2v) is 10.8. The Morgan fingerprint density at radius 3 is 2.33 bits per heavy atom. The molecule has 1 aromatic heterocycles. The van der Waals surface area contributed by atoms with Crippen molar-refractivity contribution >= 4 is 23.5 Å². The zero-order valence-corrected chi connectivity index (χ0v) is 19.2. The summed E-state index contributed by atoms with van der Waals surface area (Å²) in [4.78, 5) is 61.1. The van der Waals surface area contributed by atoms with E-state index in [-0.39, 0.29) is 0 Å². The van der Waals surface area contributed by atoms with E-state index in [1.165, 1.54) is 6.92 Å². The molecule has 21 heteroatoms. The SMILES string of the molecule is CC#CC1(O)[C@@H](O)[C@@H]([C@H](C)OP(=O)(O)OP(=O)(O)OP(=O)(O)O)O[C@H]1n1ncc(=O)[nH]c1=O. The largest absolute Gasteiger partial charge is 0.490 e. The van der Waals surface area contributed by atoms with Crippen LogP contribution in [-0.2, 0) is 31.6 Å². The number of rotatable bonds is 8. The van der Waals surface area contributed by atoms with Crippen LogP contribution in [0.2, 0.25) is 0 Å². The van der Waals surface area contributed by atoms with Gasteiger partial charge < -0.3 is 34.5 Å². The maximum Gasteiger partial charge on any atom is 0.490 e. The van der Waals surface area contributed by atoms with Crippen molar-refractivity contribution in [3.8, 4) is 11.8 Å². The summed E-state index contributed by atoms with van der Waals surface area (Å²) in [6.07, 6.45) is -6.82. The lowest BCUT2D eigenvalue weighted by Gasteiger charge is -2.26. The number of aliphatic hydroxyl groups is 2. The van der Waals surface area contributed by atoms with Crippen LogP contribution in [0.5, 0.6) is 0 Å². The molecule has 1 fully saturated rings. The summed E-state index contributed by atoms with van der Waals surface area (Å²) in [5.41, 5.74) is -4.63. The average Bonchev–Trinajstić information content (AvgIpc) is 2.83. The summed E-state index contributed by atoms with van der Waals surface area (Å²) in [7, 11) is -17.1. The molecule has 1 saturated heterocycles. The second-order valence-electron chi connectivity index (χ2n) is 6.38. The van der Waals surface area contributed by atoms with Crippen molar-refractivity contribution in [1.29, 1.82) is 0 Å². The minimum absolute atomic E-state index is 0.423. The Labute approximate surface area is 183 Å². The highest BCUT2D eigenvalue weighted by Gasteiger charge is 2.59. The standard InChI is InChI=1S/C12H18N3O15P3/c1-3-4-12(19)9(17)8(27-10(12)15-11(18)14-7(16)5-13-15)6(2)28-32(23,24)30-33(25,26)29-31(20,21)22/h5-6,8-10,17,19H,1-2H3,(H,23,24)(H,25,26)(H,14,16,18)(H2,20,21,22)/t6-,8+,9-,10+,12?/m0/s1. The van der Waals surface area contributed by atoms with Crippen LogP contribution in [0.4, 0.5) is 0 Å². The van der Waals surface area contributed by atoms with Crippen molar-refractivity contribution in [2.24, 2.45) is 0 Å². The Morgan fingerprint density at radius 1 is 1.21 bits per heavy atom. The van der Waals surface area contributed by atoms with E-state index in [2.05, 4.69) is 30.1 Å². The number of hydrogen-bond acceptors (Lipinski definition) is 12. The maximum atomic E-state index is 12.1. The monoisotopic (exact) mass is 537 g/mol. The Hall–Kier alpha value is -1.54. The highest BCUT2D eigenvalue weighted by atomic mass is 31.3. The molecule has 1 aliphatic heterocycles. The minimum Gasteiger partial charge on any atom is -0.386 e. The lowest BCUT2D eigenvalue weighted by atomic mass is 9.93. The zero-order valence-electron chi connectivity index (χ0n) is 16.5. The highest BCUT2D eigenvalue weighted by molar-refractivity contribution is 7.66. The van der Waals surface area contributed by atoms with Gasteiger partial charge in [0.05, 0.1) is 6.10 Å². The molecule has 33 heavy (non-hydrogen) atoms. The van der Waals surface area contributed by atoms with E-state index >= 15 is 0 Å². The van der Waals surface area contributed by atoms with Gasteiger partial charge >= 0.3 is 29.2 Å². The van der Waals surface area contributed by atoms with Gasteiger partial charge in [0.2, 0.25) is 5.60 Å². The molecule has 0 spiro atoms. The number of H-pyrrole nitrogens is 1. The van der Waals surface area contributed by atoms with Crippen LogP contribution in [0, 0.1) is 11.8 Å². The molecular formula is C12H18N3O15P3. The van der Waals surface area contributed by atoms with Gasteiger partial charge in [0.1, 0.15) is 18.4 Å². The second kappa shape index (κ2) is 9.61. The third-order valence-corrected chi connectivity index (χ3v) is 7.81. The van der Waals surface area contributed by atoms with Crippen molar-refractivity contribution in [2.75, 3.05) is 0 Å². The maximum absolute atomic E-state index is 12.1. The first kappa shape index (κ1) is 27.7. The molecular weight excluding hydrogens is 519 g/mol. The van der Waals surface area contributed by atoms with Crippen LogP contribution in [0.3, 0.4) is 0 Å². The van der Waals surface area contributed by atoms with Crippen molar-refractivity contribution < 1.29 is 61.4 Å². The predicted octanol–water partition coefficient (Wildman–Crippen LogP) is -2.32. The molecule has 0 radical (unpaired) electrons. The van der Waals surface area contributed by atoms with E-state index in [0.29, 0.717) is 10.9 Å². The number of phosphoric acid groups is 3. The lowest BCUT2D eigenvalue weighted by Crippen LogP contribution is -2.49. The molecule has 18 nitrogen and oxygen atoms in total. The van der Waals surface area contributed by atoms with E-state index in [0.717, 1.165) is 6.92 Å². The summed E-state index contributed by atoms with van der Waals surface area (Å²) in [5, 5.41) is 24.9. The molecule has 186 valence electrons. The molecule has 0 aliphatic carbocycles. The van der Waals surface area contributed by atoms with Crippen molar-refractivity contribution in [3.05, 3.63) is 27.0 Å². The minimum atomic E-state index is -5.81. The molecule has 1 aromatic rings. The fraction of sp³-hybridized carbons (Fsp3) is 0.583. The van der Waals surface area contributed by atoms with Gasteiger partial charge in [0, 0.05) is 0 Å². The zero-order chi connectivity index (χ0) is 25.4. The summed E-state index contributed by atoms with van der Waals surface area (Å²) in [5.74, 6) is 4.49. The predicted molar refractivity (Wildman–Crippen MR) is 102 cm³/mol. The third-order valence-electron chi connectivity index (χ3n) is 3.89. The Balaban J connectivity index is 2.32. The van der Waals surface area contributed by atoms with Gasteiger partial charge in [-0.05, 0) is 13.8 Å². The fourth-order valence-corrected chi connectivity index (χ4v) is 5.97. The number of nitrogens with one attached hydrogen (secondary N) is 1. The quantitative estimate of drug-likeness (QED) is 0.135. The van der Waals surface area contributed by atoms with Gasteiger partial charge in [-0.3, -0.25) is 14.3 Å². The normalized spacial score (nSPS) is 30.0. The first-order valence-electron chi connectivity index (χ1n) is 8.41. The van der Waals surface area contributed by atoms with Crippen LogP contribution in [-0.4, -0.2) is 68.5 Å². The van der Waals surface area contributed by atoms with Crippen molar-refractivity contribution in [1.82, 2.24) is 14.8 Å². The molecule has 1 aliphatic rings. The van der Waals surface area contributed by atoms with Gasteiger partial charge in [-0.15, -0.1) is 5.92 Å². The van der Waals surface area contributed by atoms with Gasteiger partial charge in [0.15, 0.2) is 6.23 Å². The van der Waals surface area contributed by atoms with Crippen LogP contribution in [0.25, 0.3) is 0 Å². The van der Waals surface area contributed by atoms with Crippen LogP contribution in [0.1, 0.15) is 20.1 Å². The van der Waals surface area contributed by atoms with E-state index in [1.54, 1.807) is 0 Å². The molecule has 2 rings (SSSR count). The molecule has 0 aromatic carbocycles. The fourth-order valence-electron chi connectivity index (χ4n) is 2.77. The molecule has 0 amide bonds. The van der Waals surface area contributed by atoms with Gasteiger partial charge in [-0.1, -0.05) is 5.92 Å². The molecule has 7 atom stereocenters. The summed E-state index contributed by atoms with van der Waals surface area (Å²) >= 11 is 0. The summed E-state index contributed by atoms with van der Waals surface area (Å²) in [6, 6.07) is 0. The van der Waals surface area contributed by atoms with E-state index in [1.807, 2.05) is 4.98 Å². The number of ether oxygens (including phenoxy) is 1. The summed E-state index contributed by atoms with van der Waals surface area (Å²) < 4.78 is 51.7. The van der Waals surface area contributed by atoms with Crippen LogP contribution >= 0.6 is 23.5 Å². The lowest BCUT2D eigenvalue weighted by molar-refractivity contribution is -0.0933. The number of aliphatic hydroxyl groups excluding tert-OH is 1. The molecule has 3 unspecified atom stereocenters. The number of nitrogens with zero attached hydrogens (tertiary/aromatic N) is 2. The topological polar surface area (TPSA) is 277 Å². The van der Waals surface area contributed by atoms with Gasteiger partial charge in [-0.25, -0.2) is 18.5 Å². The van der Waals surface area contributed by atoms with Gasteiger partial charge in [-0.2, -0.15) is 18.4 Å². The number of phosphoric ester groups is 1. The number of aromatic nitrogens is 3. The third kappa shape index (κ3) is 6.75. The smallest absolute Gasteiger partial charge is 0.386 e. The number of aromatic amines is 1. The van der Waals surface area contributed by atoms with Gasteiger partial charge in [0.25, 0.3) is 5.56 Å². The van der Waals surface area contributed by atoms with E-state index in [9.17, 15) is 43.3 Å². The van der Waals surface area contributed by atoms with E-state index in [4.69, 9.17) is 14.5 Å². The van der Waals surface area contributed by atoms with Crippen molar-refractivity contribution in [2.45, 2.75) is 44.0 Å². The molecule has 7 N–H and O–H groups in total. The average molecular weight is 537 g/mol. The Bertz CT molecular complexity index is 1210. The molecule has 0 saturated carbocycles. The van der Waals surface area contributed by atoms with Crippen LogP contribution < -0.4 is 11.2 Å². The van der Waals surface area contributed by atoms with Crippen LogP contribution in [0.15, 0.2) is 15.8 Å². The Kier molecular flexibility index (Phi) is 8.06.